The Morgan fingerprint density at radius 1 is 1.47 bits per heavy atom. The third kappa shape index (κ3) is 1.93. The molecule has 1 aliphatic carbocycles. The van der Waals surface area contributed by atoms with Crippen molar-refractivity contribution in [2.45, 2.75) is 45.2 Å². The summed E-state index contributed by atoms with van der Waals surface area (Å²) in [5.74, 6) is 0. The first-order chi connectivity index (χ1) is 7.15. The summed E-state index contributed by atoms with van der Waals surface area (Å²) in [6.07, 6.45) is 9.77. The van der Waals surface area contributed by atoms with E-state index < -0.39 is 0 Å². The number of nitrogens with zero attached hydrogens (tertiary/aromatic N) is 2. The van der Waals surface area contributed by atoms with E-state index in [2.05, 4.69) is 42.0 Å². The van der Waals surface area contributed by atoms with Crippen LogP contribution in [0.3, 0.4) is 0 Å². The van der Waals surface area contributed by atoms with Gasteiger partial charge in [0.2, 0.25) is 0 Å². The van der Waals surface area contributed by atoms with Crippen molar-refractivity contribution in [2.24, 2.45) is 5.41 Å². The fourth-order valence-electron chi connectivity index (χ4n) is 2.98. The molecule has 3 heteroatoms. The number of nitrogens with one attached hydrogen (secondary N) is 1. The maximum atomic E-state index is 4.15. The molecule has 0 amide bonds. The van der Waals surface area contributed by atoms with Crippen molar-refractivity contribution in [3.05, 3.63) is 18.7 Å². The van der Waals surface area contributed by atoms with Crippen molar-refractivity contribution in [3.63, 3.8) is 0 Å². The van der Waals surface area contributed by atoms with Crippen molar-refractivity contribution in [2.75, 3.05) is 7.05 Å². The van der Waals surface area contributed by atoms with Crippen molar-refractivity contribution in [3.8, 4) is 0 Å². The Hall–Kier alpha value is -0.830. The number of aromatic nitrogens is 2. The zero-order chi connectivity index (χ0) is 10.9. The Morgan fingerprint density at radius 3 is 2.87 bits per heavy atom. The van der Waals surface area contributed by atoms with Gasteiger partial charge in [0.15, 0.2) is 0 Å². The van der Waals surface area contributed by atoms with Gasteiger partial charge < -0.3 is 9.88 Å². The van der Waals surface area contributed by atoms with Crippen LogP contribution in [0.1, 0.15) is 39.2 Å². The van der Waals surface area contributed by atoms with Gasteiger partial charge in [-0.25, -0.2) is 4.98 Å². The van der Waals surface area contributed by atoms with Crippen LogP contribution in [-0.4, -0.2) is 22.6 Å². The highest BCUT2D eigenvalue weighted by Crippen LogP contribution is 2.40. The number of imidazole rings is 1. The molecule has 84 valence electrons. The molecule has 0 bridgehead atoms. The van der Waals surface area contributed by atoms with Gasteiger partial charge in [-0.3, -0.25) is 0 Å². The van der Waals surface area contributed by atoms with Crippen LogP contribution in [-0.2, 0) is 0 Å². The summed E-state index contributed by atoms with van der Waals surface area (Å²) in [5, 5.41) is 3.48. The maximum absolute atomic E-state index is 4.15. The molecule has 2 rings (SSSR count). The summed E-state index contributed by atoms with van der Waals surface area (Å²) >= 11 is 0. The quantitative estimate of drug-likeness (QED) is 0.806. The predicted molar refractivity (Wildman–Crippen MR) is 61.7 cm³/mol. The van der Waals surface area contributed by atoms with Crippen LogP contribution in [0.4, 0.5) is 0 Å². The molecule has 2 unspecified atom stereocenters. The predicted octanol–water partition coefficient (Wildman–Crippen LogP) is 2.22. The van der Waals surface area contributed by atoms with E-state index in [0.29, 0.717) is 17.5 Å². The molecule has 1 fully saturated rings. The third-order valence-electron chi connectivity index (χ3n) is 3.77. The minimum absolute atomic E-state index is 0.377. The van der Waals surface area contributed by atoms with Gasteiger partial charge in [-0.1, -0.05) is 20.3 Å². The van der Waals surface area contributed by atoms with Crippen LogP contribution in [0.15, 0.2) is 18.7 Å². The molecule has 1 aliphatic rings. The second kappa shape index (κ2) is 3.97. The number of hydrogen-bond acceptors (Lipinski definition) is 2. The number of hydrogen-bond donors (Lipinski definition) is 1. The molecule has 1 heterocycles. The van der Waals surface area contributed by atoms with Crippen LogP contribution in [0.2, 0.25) is 0 Å². The van der Waals surface area contributed by atoms with Gasteiger partial charge in [0, 0.05) is 18.4 Å². The van der Waals surface area contributed by atoms with Gasteiger partial charge in [-0.15, -0.1) is 0 Å². The molecule has 3 nitrogen and oxygen atoms in total. The first kappa shape index (κ1) is 10.7. The lowest BCUT2D eigenvalue weighted by Gasteiger charge is -2.44. The third-order valence-corrected chi connectivity index (χ3v) is 3.77. The van der Waals surface area contributed by atoms with Crippen molar-refractivity contribution in [1.82, 2.24) is 14.9 Å². The molecule has 1 aromatic rings. The summed E-state index contributed by atoms with van der Waals surface area (Å²) in [5.41, 5.74) is 0.377. The number of likely N-dealkylation sites (N-methyl/N-ethyl adjacent to an activating group) is 1. The second-order valence-corrected chi connectivity index (χ2v) is 5.22. The highest BCUT2D eigenvalue weighted by Gasteiger charge is 2.38. The fourth-order valence-corrected chi connectivity index (χ4v) is 2.98. The second-order valence-electron chi connectivity index (χ2n) is 5.22. The molecule has 0 radical (unpaired) electrons. The molecular formula is C12H21N3. The molecule has 1 N–H and O–H groups in total. The van der Waals surface area contributed by atoms with Crippen LogP contribution in [0.25, 0.3) is 0 Å². The van der Waals surface area contributed by atoms with Crippen molar-refractivity contribution in [1.29, 1.82) is 0 Å². The monoisotopic (exact) mass is 207 g/mol. The zero-order valence-electron chi connectivity index (χ0n) is 9.90. The summed E-state index contributed by atoms with van der Waals surface area (Å²) in [6.45, 7) is 4.72. The first-order valence-electron chi connectivity index (χ1n) is 5.80. The molecule has 1 saturated carbocycles. The minimum Gasteiger partial charge on any atom is -0.333 e. The minimum atomic E-state index is 0.377. The Balaban J connectivity index is 2.23. The molecule has 0 saturated heterocycles. The molecule has 0 aliphatic heterocycles. The fraction of sp³-hybridized carbons (Fsp3) is 0.750. The van der Waals surface area contributed by atoms with Crippen LogP contribution < -0.4 is 5.32 Å². The maximum Gasteiger partial charge on any atom is 0.0949 e. The standard InChI is InChI=1S/C12H21N3/c1-12(2)6-4-5-10(11(12)13-3)15-8-7-14-9-15/h7-11,13H,4-6H2,1-3H3. The average Bonchev–Trinajstić information content (AvgIpc) is 2.68. The van der Waals surface area contributed by atoms with E-state index in [0.717, 1.165) is 0 Å². The van der Waals surface area contributed by atoms with Gasteiger partial charge in [0.25, 0.3) is 0 Å². The summed E-state index contributed by atoms with van der Waals surface area (Å²) in [6, 6.07) is 1.10. The van der Waals surface area contributed by atoms with Gasteiger partial charge in [0.1, 0.15) is 0 Å². The van der Waals surface area contributed by atoms with Crippen LogP contribution >= 0.6 is 0 Å². The van der Waals surface area contributed by atoms with E-state index in [4.69, 9.17) is 0 Å². The van der Waals surface area contributed by atoms with E-state index >= 15 is 0 Å². The average molecular weight is 207 g/mol. The lowest BCUT2D eigenvalue weighted by atomic mass is 9.71. The van der Waals surface area contributed by atoms with Crippen molar-refractivity contribution < 1.29 is 0 Å². The van der Waals surface area contributed by atoms with Gasteiger partial charge in [0.05, 0.1) is 12.4 Å². The Labute approximate surface area is 91.9 Å². The van der Waals surface area contributed by atoms with E-state index in [9.17, 15) is 0 Å². The Bertz CT molecular complexity index is 303. The van der Waals surface area contributed by atoms with E-state index in [1.54, 1.807) is 0 Å². The lowest BCUT2D eigenvalue weighted by molar-refractivity contribution is 0.119. The van der Waals surface area contributed by atoms with Crippen molar-refractivity contribution >= 4 is 0 Å². The van der Waals surface area contributed by atoms with E-state index in [1.807, 2.05) is 12.5 Å². The molecule has 0 aromatic carbocycles. The van der Waals surface area contributed by atoms with Gasteiger partial charge in [-0.05, 0) is 25.3 Å². The smallest absolute Gasteiger partial charge is 0.0949 e. The van der Waals surface area contributed by atoms with E-state index in [-0.39, 0.29) is 0 Å². The molecular weight excluding hydrogens is 186 g/mol. The molecule has 1 aromatic heterocycles. The Kier molecular flexibility index (Phi) is 2.83. The summed E-state index contributed by atoms with van der Waals surface area (Å²) < 4.78 is 2.25. The Morgan fingerprint density at radius 2 is 2.27 bits per heavy atom. The zero-order valence-corrected chi connectivity index (χ0v) is 9.90. The molecule has 2 atom stereocenters. The van der Waals surface area contributed by atoms with Crippen LogP contribution in [0, 0.1) is 5.41 Å². The lowest BCUT2D eigenvalue weighted by Crippen LogP contribution is -2.48. The summed E-state index contributed by atoms with van der Waals surface area (Å²) in [7, 11) is 2.07. The summed E-state index contributed by atoms with van der Waals surface area (Å²) in [4.78, 5) is 4.15. The first-order valence-corrected chi connectivity index (χ1v) is 5.80. The van der Waals surface area contributed by atoms with E-state index in [1.165, 1.54) is 19.3 Å². The van der Waals surface area contributed by atoms with Crippen LogP contribution in [0.5, 0.6) is 0 Å². The number of rotatable bonds is 2. The van der Waals surface area contributed by atoms with Gasteiger partial charge >= 0.3 is 0 Å². The SMILES string of the molecule is CNC1C(n2ccnc2)CCCC1(C)C. The molecule has 15 heavy (non-hydrogen) atoms. The topological polar surface area (TPSA) is 29.9 Å². The molecule has 0 spiro atoms. The van der Waals surface area contributed by atoms with Gasteiger partial charge in [-0.2, -0.15) is 0 Å². The highest BCUT2D eigenvalue weighted by atomic mass is 15.1. The highest BCUT2D eigenvalue weighted by molar-refractivity contribution is 4.97. The largest absolute Gasteiger partial charge is 0.333 e. The normalized spacial score (nSPS) is 30.3.